The first-order valence-corrected chi connectivity index (χ1v) is 4.46. The lowest BCUT2D eigenvalue weighted by Gasteiger charge is -2.14. The van der Waals surface area contributed by atoms with E-state index in [1.807, 2.05) is 0 Å². The van der Waals surface area contributed by atoms with Crippen LogP contribution in [0.5, 0.6) is 0 Å². The first-order chi connectivity index (χ1) is 5.25. The highest BCUT2D eigenvalue weighted by Crippen LogP contribution is 2.35. The molecule has 2 nitrogen and oxygen atoms in total. The van der Waals surface area contributed by atoms with Crippen molar-refractivity contribution in [3.05, 3.63) is 0 Å². The highest BCUT2D eigenvalue weighted by Gasteiger charge is 2.37. The normalized spacial score (nSPS) is 43.4. The van der Waals surface area contributed by atoms with Crippen LogP contribution in [0.4, 0.5) is 0 Å². The van der Waals surface area contributed by atoms with Gasteiger partial charge in [-0.05, 0) is 31.6 Å². The molecule has 0 amide bonds. The minimum Gasteiger partial charge on any atom is -0.462 e. The average Bonchev–Trinajstić information content (AvgIpc) is 2.15. The lowest BCUT2D eigenvalue weighted by molar-refractivity contribution is -0.145. The number of ether oxygens (including phenoxy) is 1. The Morgan fingerprint density at radius 1 is 1.36 bits per heavy atom. The summed E-state index contributed by atoms with van der Waals surface area (Å²) in [6, 6.07) is 0. The second-order valence-electron chi connectivity index (χ2n) is 3.91. The Kier molecular flexibility index (Phi) is 1.63. The molecule has 0 aromatic rings. The van der Waals surface area contributed by atoms with Crippen molar-refractivity contribution in [2.75, 3.05) is 0 Å². The molecule has 1 aliphatic carbocycles. The number of carbonyl (C=O) groups excluding carboxylic acids is 1. The SMILES string of the molecule is CC1CCC2CC(C1)C(=O)O2. The molecule has 11 heavy (non-hydrogen) atoms. The first-order valence-electron chi connectivity index (χ1n) is 4.46. The van der Waals surface area contributed by atoms with Crippen LogP contribution in [0, 0.1) is 11.8 Å². The van der Waals surface area contributed by atoms with E-state index >= 15 is 0 Å². The second kappa shape index (κ2) is 2.50. The fourth-order valence-corrected chi connectivity index (χ4v) is 2.17. The zero-order valence-corrected chi connectivity index (χ0v) is 6.88. The first kappa shape index (κ1) is 7.14. The van der Waals surface area contributed by atoms with E-state index in [9.17, 15) is 4.79 Å². The predicted molar refractivity (Wildman–Crippen MR) is 41.0 cm³/mol. The Bertz CT molecular complexity index is 176. The van der Waals surface area contributed by atoms with E-state index in [0.717, 1.165) is 25.2 Å². The number of rotatable bonds is 0. The lowest BCUT2D eigenvalue weighted by Crippen LogP contribution is -2.14. The number of hydrogen-bond acceptors (Lipinski definition) is 2. The highest BCUT2D eigenvalue weighted by molar-refractivity contribution is 5.74. The summed E-state index contributed by atoms with van der Waals surface area (Å²) in [5, 5.41) is 0. The predicted octanol–water partition coefficient (Wildman–Crippen LogP) is 1.74. The number of esters is 1. The van der Waals surface area contributed by atoms with Crippen LogP contribution in [-0.2, 0) is 9.53 Å². The van der Waals surface area contributed by atoms with Crippen LogP contribution in [-0.4, -0.2) is 12.1 Å². The zero-order chi connectivity index (χ0) is 7.84. The molecule has 1 saturated heterocycles. The van der Waals surface area contributed by atoms with E-state index in [4.69, 9.17) is 4.74 Å². The molecule has 1 heterocycles. The molecule has 1 aliphatic heterocycles. The van der Waals surface area contributed by atoms with Gasteiger partial charge in [-0.15, -0.1) is 0 Å². The van der Waals surface area contributed by atoms with E-state index in [0.29, 0.717) is 0 Å². The summed E-state index contributed by atoms with van der Waals surface area (Å²) < 4.78 is 5.17. The van der Waals surface area contributed by atoms with Crippen LogP contribution in [0.25, 0.3) is 0 Å². The molecule has 0 aromatic heterocycles. The standard InChI is InChI=1S/C9H14O2/c1-6-2-3-8-5-7(4-6)9(10)11-8/h6-8H,2-5H2,1H3. The van der Waals surface area contributed by atoms with Crippen LogP contribution in [0.3, 0.4) is 0 Å². The van der Waals surface area contributed by atoms with Gasteiger partial charge in [0.05, 0.1) is 5.92 Å². The summed E-state index contributed by atoms with van der Waals surface area (Å²) in [6.45, 7) is 2.23. The Hall–Kier alpha value is -0.530. The van der Waals surface area contributed by atoms with Gasteiger partial charge in [-0.2, -0.15) is 0 Å². The van der Waals surface area contributed by atoms with E-state index in [2.05, 4.69) is 6.92 Å². The van der Waals surface area contributed by atoms with Crippen LogP contribution < -0.4 is 0 Å². The smallest absolute Gasteiger partial charge is 0.309 e. The molecule has 0 spiro atoms. The largest absolute Gasteiger partial charge is 0.462 e. The summed E-state index contributed by atoms with van der Waals surface area (Å²) in [6.07, 6.45) is 4.62. The van der Waals surface area contributed by atoms with Crippen molar-refractivity contribution >= 4 is 5.97 Å². The van der Waals surface area contributed by atoms with Crippen LogP contribution >= 0.6 is 0 Å². The minimum atomic E-state index is 0.0570. The fourth-order valence-electron chi connectivity index (χ4n) is 2.17. The van der Waals surface area contributed by atoms with E-state index in [1.165, 1.54) is 6.42 Å². The van der Waals surface area contributed by atoms with Gasteiger partial charge in [0.25, 0.3) is 0 Å². The number of hydrogen-bond donors (Lipinski definition) is 0. The fraction of sp³-hybridized carbons (Fsp3) is 0.889. The Labute approximate surface area is 66.9 Å². The van der Waals surface area contributed by atoms with Crippen molar-refractivity contribution in [3.8, 4) is 0 Å². The van der Waals surface area contributed by atoms with Crippen molar-refractivity contribution in [2.24, 2.45) is 11.8 Å². The third-order valence-electron chi connectivity index (χ3n) is 2.83. The summed E-state index contributed by atoms with van der Waals surface area (Å²) in [5.74, 6) is 1.01. The van der Waals surface area contributed by atoms with Crippen molar-refractivity contribution in [2.45, 2.75) is 38.7 Å². The van der Waals surface area contributed by atoms with Crippen molar-refractivity contribution in [1.82, 2.24) is 0 Å². The number of fused-ring (bicyclic) bond motifs is 2. The Morgan fingerprint density at radius 2 is 2.18 bits per heavy atom. The third-order valence-corrected chi connectivity index (χ3v) is 2.83. The van der Waals surface area contributed by atoms with E-state index in [-0.39, 0.29) is 18.0 Å². The maximum atomic E-state index is 11.1. The molecule has 2 heteroatoms. The Balaban J connectivity index is 2.09. The second-order valence-corrected chi connectivity index (χ2v) is 3.91. The molecule has 2 fully saturated rings. The van der Waals surface area contributed by atoms with Gasteiger partial charge in [0.15, 0.2) is 0 Å². The lowest BCUT2D eigenvalue weighted by atomic mass is 9.95. The molecule has 1 saturated carbocycles. The summed E-state index contributed by atoms with van der Waals surface area (Å²) in [5.41, 5.74) is 0. The molecule has 0 radical (unpaired) electrons. The van der Waals surface area contributed by atoms with Crippen LogP contribution in [0.1, 0.15) is 32.6 Å². The molecule has 3 atom stereocenters. The Morgan fingerprint density at radius 3 is 3.00 bits per heavy atom. The molecule has 2 aliphatic rings. The maximum Gasteiger partial charge on any atom is 0.309 e. The van der Waals surface area contributed by atoms with E-state index in [1.54, 1.807) is 0 Å². The van der Waals surface area contributed by atoms with Crippen molar-refractivity contribution in [1.29, 1.82) is 0 Å². The monoisotopic (exact) mass is 154 g/mol. The van der Waals surface area contributed by atoms with Crippen molar-refractivity contribution < 1.29 is 9.53 Å². The van der Waals surface area contributed by atoms with Gasteiger partial charge in [-0.1, -0.05) is 6.92 Å². The van der Waals surface area contributed by atoms with Crippen LogP contribution in [0.15, 0.2) is 0 Å². The molecule has 0 aromatic carbocycles. The van der Waals surface area contributed by atoms with E-state index < -0.39 is 0 Å². The molecule has 2 bridgehead atoms. The van der Waals surface area contributed by atoms with Gasteiger partial charge in [0, 0.05) is 0 Å². The third kappa shape index (κ3) is 1.26. The van der Waals surface area contributed by atoms with Gasteiger partial charge in [0.1, 0.15) is 6.10 Å². The van der Waals surface area contributed by atoms with Gasteiger partial charge < -0.3 is 4.74 Å². The summed E-state index contributed by atoms with van der Waals surface area (Å²) in [7, 11) is 0. The average molecular weight is 154 g/mol. The van der Waals surface area contributed by atoms with Gasteiger partial charge in [-0.25, -0.2) is 0 Å². The topological polar surface area (TPSA) is 26.3 Å². The summed E-state index contributed by atoms with van der Waals surface area (Å²) >= 11 is 0. The highest BCUT2D eigenvalue weighted by atomic mass is 16.5. The molecular weight excluding hydrogens is 140 g/mol. The van der Waals surface area contributed by atoms with Gasteiger partial charge >= 0.3 is 5.97 Å². The zero-order valence-electron chi connectivity index (χ0n) is 6.88. The summed E-state index contributed by atoms with van der Waals surface area (Å²) in [4.78, 5) is 11.1. The molecule has 62 valence electrons. The quantitative estimate of drug-likeness (QED) is 0.497. The minimum absolute atomic E-state index is 0.0570. The molecular formula is C9H14O2. The molecule has 3 unspecified atom stereocenters. The molecule has 0 N–H and O–H groups in total. The number of carbonyl (C=O) groups is 1. The van der Waals surface area contributed by atoms with Gasteiger partial charge in [0.2, 0.25) is 0 Å². The maximum absolute atomic E-state index is 11.1. The van der Waals surface area contributed by atoms with Crippen molar-refractivity contribution in [3.63, 3.8) is 0 Å². The van der Waals surface area contributed by atoms with Gasteiger partial charge in [-0.3, -0.25) is 4.79 Å². The molecule has 2 rings (SSSR count). The van der Waals surface area contributed by atoms with Crippen LogP contribution in [0.2, 0.25) is 0 Å².